The fourth-order valence-electron chi connectivity index (χ4n) is 0. The lowest BCUT2D eigenvalue weighted by Crippen LogP contribution is -2.18. The molecule has 0 radical (unpaired) electrons. The minimum atomic E-state index is -0.833. The second kappa shape index (κ2) is 3.23. The number of carbonyl (C=O) groups is 1. The number of hydrogen-bond donors (Lipinski definition) is 3. The molecule has 0 saturated carbocycles. The Hall–Kier alpha value is -0.770. The van der Waals surface area contributed by atoms with Gasteiger partial charge in [0.25, 0.3) is 0 Å². The van der Waals surface area contributed by atoms with Crippen LogP contribution < -0.4 is 17.6 Å². The fourth-order valence-corrected chi connectivity index (χ4v) is 0. The van der Waals surface area contributed by atoms with Crippen LogP contribution in [-0.4, -0.2) is 6.03 Å². The second-order valence-corrected chi connectivity index (χ2v) is 0.402. The van der Waals surface area contributed by atoms with Crippen molar-refractivity contribution in [1.29, 1.82) is 0 Å². The minimum Gasteiger partial charge on any atom is -0.352 e. The summed E-state index contributed by atoms with van der Waals surface area (Å²) in [4.78, 5) is 9.00. The quantitative estimate of drug-likeness (QED) is 0.329. The van der Waals surface area contributed by atoms with Crippen LogP contribution >= 0.6 is 0 Å². The van der Waals surface area contributed by atoms with Gasteiger partial charge >= 0.3 is 6.03 Å². The Bertz CT molecular complexity index is 29.9. The molecule has 7 N–H and O–H groups in total. The molecule has 0 rings (SSSR count). The first kappa shape index (κ1) is 8.87. The number of rotatable bonds is 0. The summed E-state index contributed by atoms with van der Waals surface area (Å²) >= 11 is 0. The Morgan fingerprint density at radius 3 is 1.40 bits per heavy atom. The molecule has 0 aromatic carbocycles. The smallest absolute Gasteiger partial charge is 0.309 e. The van der Waals surface area contributed by atoms with E-state index < -0.39 is 6.03 Å². The molecule has 32 valence electrons. The molecule has 0 aliphatic heterocycles. The highest BCUT2D eigenvalue weighted by molar-refractivity contribution is 5.69. The third-order valence-electron chi connectivity index (χ3n) is 0. The third-order valence-corrected chi connectivity index (χ3v) is 0. The van der Waals surface area contributed by atoms with Crippen molar-refractivity contribution < 1.29 is 4.79 Å². The zero-order chi connectivity index (χ0) is 3.58. The van der Waals surface area contributed by atoms with Crippen LogP contribution in [-0.2, 0) is 0 Å². The molecule has 0 bridgehead atoms. The van der Waals surface area contributed by atoms with E-state index in [0.717, 1.165) is 0 Å². The first-order valence-electron chi connectivity index (χ1n) is 0.781. The average Bonchev–Trinajstić information content (AvgIpc) is 0.811. The summed E-state index contributed by atoms with van der Waals surface area (Å²) in [5.74, 6) is 0. The van der Waals surface area contributed by atoms with Gasteiger partial charge in [-0.05, 0) is 0 Å². The van der Waals surface area contributed by atoms with Crippen LogP contribution in [0, 0.1) is 0 Å². The number of nitrogens with two attached hydrogens (primary N) is 2. The number of amides is 2. The van der Waals surface area contributed by atoms with Crippen molar-refractivity contribution in [2.75, 3.05) is 0 Å². The van der Waals surface area contributed by atoms with Gasteiger partial charge in [-0.2, -0.15) is 0 Å². The summed E-state index contributed by atoms with van der Waals surface area (Å²) < 4.78 is 0. The highest BCUT2D eigenvalue weighted by Crippen LogP contribution is 1.25. The van der Waals surface area contributed by atoms with Crippen LogP contribution in [0.5, 0.6) is 0 Å². The average molecular weight is 78.1 g/mol. The molecule has 5 heavy (non-hydrogen) atoms. The second-order valence-electron chi connectivity index (χ2n) is 0.402. The van der Waals surface area contributed by atoms with E-state index in [1.807, 2.05) is 0 Å². The summed E-state index contributed by atoms with van der Waals surface area (Å²) in [6, 6.07) is -0.833. The molecular formula is CH7N3O. The lowest BCUT2D eigenvalue weighted by Gasteiger charge is -1.62. The molecule has 0 aliphatic rings. The van der Waals surface area contributed by atoms with E-state index >= 15 is 0 Å². The van der Waals surface area contributed by atoms with Crippen LogP contribution in [0.15, 0.2) is 0 Å². The largest absolute Gasteiger partial charge is 0.352 e. The van der Waals surface area contributed by atoms with Crippen molar-refractivity contribution >= 4 is 6.03 Å². The molecule has 0 unspecified atom stereocenters. The van der Waals surface area contributed by atoms with Crippen molar-refractivity contribution in [3.8, 4) is 0 Å². The summed E-state index contributed by atoms with van der Waals surface area (Å²) in [5.41, 5.74) is 8.50. The van der Waals surface area contributed by atoms with Crippen molar-refractivity contribution in [1.82, 2.24) is 6.15 Å². The van der Waals surface area contributed by atoms with Crippen LogP contribution in [0.1, 0.15) is 0 Å². The predicted molar refractivity (Wildman–Crippen MR) is 18.8 cm³/mol. The van der Waals surface area contributed by atoms with E-state index in [4.69, 9.17) is 4.79 Å². The normalized spacial score (nSPS) is 4.80. The van der Waals surface area contributed by atoms with Gasteiger partial charge in [-0.25, -0.2) is 4.79 Å². The van der Waals surface area contributed by atoms with Crippen LogP contribution in [0.3, 0.4) is 0 Å². The standard InChI is InChI=1S/CH4N2O.H3N/c2-1(3)4;/h(H4,2,3,4);1H3/i1+1;. The SMILES string of the molecule is N.N[13C](N)=O. The van der Waals surface area contributed by atoms with Gasteiger partial charge in [0.05, 0.1) is 0 Å². The van der Waals surface area contributed by atoms with E-state index in [1.165, 1.54) is 0 Å². The Morgan fingerprint density at radius 2 is 1.40 bits per heavy atom. The Balaban J connectivity index is 0. The first-order chi connectivity index (χ1) is 1.73. The molecule has 2 amide bonds. The van der Waals surface area contributed by atoms with E-state index in [9.17, 15) is 0 Å². The van der Waals surface area contributed by atoms with Gasteiger partial charge in [0.15, 0.2) is 0 Å². The zero-order valence-electron chi connectivity index (χ0n) is 2.77. The van der Waals surface area contributed by atoms with Gasteiger partial charge in [-0.3, -0.25) is 0 Å². The van der Waals surface area contributed by atoms with Crippen molar-refractivity contribution in [3.63, 3.8) is 0 Å². The van der Waals surface area contributed by atoms with E-state index in [0.29, 0.717) is 0 Å². The van der Waals surface area contributed by atoms with E-state index in [-0.39, 0.29) is 6.15 Å². The first-order valence-corrected chi connectivity index (χ1v) is 0.781. The highest BCUT2D eigenvalue weighted by Gasteiger charge is 1.60. The summed E-state index contributed by atoms with van der Waals surface area (Å²) in [7, 11) is 0. The van der Waals surface area contributed by atoms with Crippen LogP contribution in [0.25, 0.3) is 0 Å². The monoisotopic (exact) mass is 78.1 g/mol. The molecule has 0 atom stereocenters. The van der Waals surface area contributed by atoms with Gasteiger partial charge in [0.1, 0.15) is 0 Å². The third kappa shape index (κ3) is 8.24. The number of hydrogen-bond acceptors (Lipinski definition) is 2. The van der Waals surface area contributed by atoms with Gasteiger partial charge in [-0.1, -0.05) is 0 Å². The maximum Gasteiger partial charge on any atom is 0.309 e. The van der Waals surface area contributed by atoms with Crippen molar-refractivity contribution in [3.05, 3.63) is 0 Å². The number of urea groups is 1. The van der Waals surface area contributed by atoms with Crippen molar-refractivity contribution in [2.24, 2.45) is 11.5 Å². The molecule has 0 aromatic rings. The summed E-state index contributed by atoms with van der Waals surface area (Å²) in [6.07, 6.45) is 0. The molecular weight excluding hydrogens is 71.0 g/mol. The molecule has 0 saturated heterocycles. The highest BCUT2D eigenvalue weighted by atomic mass is 16.2. The molecule has 0 fully saturated rings. The zero-order valence-corrected chi connectivity index (χ0v) is 2.77. The molecule has 4 nitrogen and oxygen atoms in total. The molecule has 0 aliphatic carbocycles. The van der Waals surface area contributed by atoms with E-state index in [2.05, 4.69) is 11.5 Å². The molecule has 0 heterocycles. The Labute approximate surface area is 29.7 Å². The summed E-state index contributed by atoms with van der Waals surface area (Å²) in [6.45, 7) is 0. The Kier molecular flexibility index (Phi) is 5.73. The van der Waals surface area contributed by atoms with Crippen LogP contribution in [0.2, 0.25) is 0 Å². The lowest BCUT2D eigenvalue weighted by molar-refractivity contribution is 0.256. The molecule has 0 aromatic heterocycles. The maximum atomic E-state index is 9.00. The van der Waals surface area contributed by atoms with Crippen molar-refractivity contribution in [2.45, 2.75) is 0 Å². The van der Waals surface area contributed by atoms with Crippen LogP contribution in [0.4, 0.5) is 4.79 Å². The molecule has 0 spiro atoms. The topological polar surface area (TPSA) is 104 Å². The van der Waals surface area contributed by atoms with Gasteiger partial charge in [-0.15, -0.1) is 0 Å². The lowest BCUT2D eigenvalue weighted by atomic mass is 11.9. The number of primary amides is 2. The van der Waals surface area contributed by atoms with Gasteiger partial charge in [0.2, 0.25) is 0 Å². The number of carbonyl (C=O) groups excluding carboxylic acids is 1. The predicted octanol–water partition coefficient (Wildman–Crippen LogP) is -0.814. The summed E-state index contributed by atoms with van der Waals surface area (Å²) in [5, 5.41) is 0. The minimum absolute atomic E-state index is 0. The van der Waals surface area contributed by atoms with E-state index in [1.54, 1.807) is 0 Å². The Morgan fingerprint density at radius 1 is 1.40 bits per heavy atom. The maximum absolute atomic E-state index is 9.00. The fraction of sp³-hybridized carbons (Fsp3) is 0. The molecule has 4 heteroatoms. The van der Waals surface area contributed by atoms with Gasteiger partial charge < -0.3 is 17.6 Å². The van der Waals surface area contributed by atoms with Gasteiger partial charge in [0, 0.05) is 0 Å².